The maximum atomic E-state index is 12.5. The van der Waals surface area contributed by atoms with Crippen LogP contribution in [0.2, 0.25) is 0 Å². The molecular formula is C14H25N3O. The second kappa shape index (κ2) is 6.75. The zero-order chi connectivity index (χ0) is 13.6. The Hall–Kier alpha value is -1.08. The summed E-state index contributed by atoms with van der Waals surface area (Å²) in [6.07, 6.45) is 2.36. The Kier molecular flexibility index (Phi) is 5.61. The van der Waals surface area contributed by atoms with Gasteiger partial charge in [0.15, 0.2) is 0 Å². The van der Waals surface area contributed by atoms with Gasteiger partial charge >= 0.3 is 0 Å². The maximum absolute atomic E-state index is 12.5. The quantitative estimate of drug-likeness (QED) is 0.749. The van der Waals surface area contributed by atoms with E-state index in [2.05, 4.69) is 17.9 Å². The number of carbonyl (C=O) groups is 1. The lowest BCUT2D eigenvalue weighted by molar-refractivity contribution is -0.141. The topological polar surface area (TPSA) is 47.3 Å². The molecule has 1 heterocycles. The SMILES string of the molecule is CCCN1CCN(C(=O)C(C#N)(CC)CC)CC1. The molecule has 0 aromatic carbocycles. The Bertz CT molecular complexity index is 309. The van der Waals surface area contributed by atoms with Crippen LogP contribution in [0.25, 0.3) is 0 Å². The molecule has 1 saturated heterocycles. The molecule has 1 rings (SSSR count). The van der Waals surface area contributed by atoms with Crippen molar-refractivity contribution in [1.29, 1.82) is 5.26 Å². The number of rotatable bonds is 5. The minimum atomic E-state index is -0.799. The molecule has 0 spiro atoms. The molecule has 1 aliphatic rings. The first-order chi connectivity index (χ1) is 8.63. The fourth-order valence-electron chi connectivity index (χ4n) is 2.55. The fraction of sp³-hybridized carbons (Fsp3) is 0.857. The molecule has 0 aromatic rings. The average Bonchev–Trinajstić information content (AvgIpc) is 2.42. The van der Waals surface area contributed by atoms with Gasteiger partial charge in [-0.05, 0) is 25.8 Å². The van der Waals surface area contributed by atoms with Gasteiger partial charge in [-0.15, -0.1) is 0 Å². The van der Waals surface area contributed by atoms with E-state index in [1.807, 2.05) is 18.7 Å². The van der Waals surface area contributed by atoms with Crippen molar-refractivity contribution in [3.63, 3.8) is 0 Å². The van der Waals surface area contributed by atoms with Crippen molar-refractivity contribution >= 4 is 5.91 Å². The van der Waals surface area contributed by atoms with E-state index in [0.717, 1.165) is 39.1 Å². The molecule has 102 valence electrons. The van der Waals surface area contributed by atoms with Gasteiger partial charge in [-0.3, -0.25) is 9.69 Å². The highest BCUT2D eigenvalue weighted by Crippen LogP contribution is 2.28. The van der Waals surface area contributed by atoms with Crippen LogP contribution in [0.15, 0.2) is 0 Å². The van der Waals surface area contributed by atoms with E-state index in [1.54, 1.807) is 0 Å². The Morgan fingerprint density at radius 2 is 1.72 bits per heavy atom. The summed E-state index contributed by atoms with van der Waals surface area (Å²) in [5.74, 6) is 0.0335. The number of amides is 1. The molecule has 4 nitrogen and oxygen atoms in total. The molecule has 0 saturated carbocycles. The summed E-state index contributed by atoms with van der Waals surface area (Å²) in [4.78, 5) is 16.7. The number of carbonyl (C=O) groups excluding carboxylic acids is 1. The zero-order valence-electron chi connectivity index (χ0n) is 11.9. The Balaban J connectivity index is 2.62. The van der Waals surface area contributed by atoms with Gasteiger partial charge in [0.25, 0.3) is 0 Å². The third-order valence-electron chi connectivity index (χ3n) is 4.03. The summed E-state index contributed by atoms with van der Waals surface area (Å²) in [5.41, 5.74) is -0.799. The van der Waals surface area contributed by atoms with Gasteiger partial charge in [0.1, 0.15) is 5.41 Å². The number of hydrogen-bond acceptors (Lipinski definition) is 3. The summed E-state index contributed by atoms with van der Waals surface area (Å²) in [7, 11) is 0. The molecule has 0 bridgehead atoms. The van der Waals surface area contributed by atoms with E-state index in [0.29, 0.717) is 12.8 Å². The highest BCUT2D eigenvalue weighted by atomic mass is 16.2. The summed E-state index contributed by atoms with van der Waals surface area (Å²) in [6.45, 7) is 10.5. The fourth-order valence-corrected chi connectivity index (χ4v) is 2.55. The lowest BCUT2D eigenvalue weighted by Gasteiger charge is -2.38. The van der Waals surface area contributed by atoms with E-state index in [9.17, 15) is 10.1 Å². The van der Waals surface area contributed by atoms with Gasteiger partial charge in [-0.25, -0.2) is 0 Å². The van der Waals surface area contributed by atoms with E-state index in [-0.39, 0.29) is 5.91 Å². The van der Waals surface area contributed by atoms with Crippen LogP contribution >= 0.6 is 0 Å². The normalized spacial score (nSPS) is 17.6. The summed E-state index contributed by atoms with van der Waals surface area (Å²) < 4.78 is 0. The van der Waals surface area contributed by atoms with Crippen LogP contribution in [0.4, 0.5) is 0 Å². The van der Waals surface area contributed by atoms with Gasteiger partial charge in [0.2, 0.25) is 5.91 Å². The molecular weight excluding hydrogens is 226 g/mol. The molecule has 0 atom stereocenters. The van der Waals surface area contributed by atoms with Crippen LogP contribution in [0, 0.1) is 16.7 Å². The molecule has 0 N–H and O–H groups in total. The largest absolute Gasteiger partial charge is 0.339 e. The van der Waals surface area contributed by atoms with Gasteiger partial charge in [0, 0.05) is 26.2 Å². The van der Waals surface area contributed by atoms with E-state index >= 15 is 0 Å². The van der Waals surface area contributed by atoms with Crippen LogP contribution in [0.3, 0.4) is 0 Å². The lowest BCUT2D eigenvalue weighted by atomic mass is 9.82. The van der Waals surface area contributed by atoms with Crippen LogP contribution in [-0.2, 0) is 4.79 Å². The molecule has 0 aromatic heterocycles. The van der Waals surface area contributed by atoms with Gasteiger partial charge in [0.05, 0.1) is 6.07 Å². The molecule has 4 heteroatoms. The zero-order valence-corrected chi connectivity index (χ0v) is 11.9. The molecule has 1 fully saturated rings. The summed E-state index contributed by atoms with van der Waals surface area (Å²) >= 11 is 0. The number of nitriles is 1. The standard InChI is InChI=1S/C14H25N3O/c1-4-7-16-8-10-17(11-9-16)13(18)14(5-2,6-3)12-15/h4-11H2,1-3H3. The molecule has 18 heavy (non-hydrogen) atoms. The van der Waals surface area contributed by atoms with E-state index in [1.165, 1.54) is 0 Å². The third kappa shape index (κ3) is 3.02. The molecule has 1 aliphatic heterocycles. The first kappa shape index (κ1) is 15.0. The molecule has 0 unspecified atom stereocenters. The number of hydrogen-bond donors (Lipinski definition) is 0. The molecule has 1 amide bonds. The number of nitrogens with zero attached hydrogens (tertiary/aromatic N) is 3. The Labute approximate surface area is 111 Å². The van der Waals surface area contributed by atoms with Crippen molar-refractivity contribution in [1.82, 2.24) is 9.80 Å². The smallest absolute Gasteiger partial charge is 0.243 e. The van der Waals surface area contributed by atoms with Crippen LogP contribution in [0.5, 0.6) is 0 Å². The third-order valence-corrected chi connectivity index (χ3v) is 4.03. The first-order valence-corrected chi connectivity index (χ1v) is 7.06. The highest BCUT2D eigenvalue weighted by molar-refractivity contribution is 5.85. The predicted molar refractivity (Wildman–Crippen MR) is 71.9 cm³/mol. The summed E-state index contributed by atoms with van der Waals surface area (Å²) in [5, 5.41) is 9.31. The van der Waals surface area contributed by atoms with Crippen LogP contribution in [0.1, 0.15) is 40.0 Å². The first-order valence-electron chi connectivity index (χ1n) is 7.06. The minimum absolute atomic E-state index is 0.0335. The Morgan fingerprint density at radius 1 is 1.17 bits per heavy atom. The van der Waals surface area contributed by atoms with E-state index < -0.39 is 5.41 Å². The molecule has 0 aliphatic carbocycles. The second-order valence-corrected chi connectivity index (χ2v) is 5.03. The summed E-state index contributed by atoms with van der Waals surface area (Å²) in [6, 6.07) is 2.24. The van der Waals surface area contributed by atoms with Gasteiger partial charge in [-0.2, -0.15) is 5.26 Å². The minimum Gasteiger partial charge on any atom is -0.339 e. The maximum Gasteiger partial charge on any atom is 0.243 e. The van der Waals surface area contributed by atoms with Gasteiger partial charge in [-0.1, -0.05) is 20.8 Å². The van der Waals surface area contributed by atoms with E-state index in [4.69, 9.17) is 0 Å². The van der Waals surface area contributed by atoms with Crippen molar-refractivity contribution in [2.75, 3.05) is 32.7 Å². The van der Waals surface area contributed by atoms with Crippen LogP contribution in [-0.4, -0.2) is 48.4 Å². The van der Waals surface area contributed by atoms with Crippen molar-refractivity contribution in [3.05, 3.63) is 0 Å². The average molecular weight is 251 g/mol. The van der Waals surface area contributed by atoms with Crippen molar-refractivity contribution < 1.29 is 4.79 Å². The molecule has 0 radical (unpaired) electrons. The van der Waals surface area contributed by atoms with Crippen molar-refractivity contribution in [2.24, 2.45) is 5.41 Å². The number of piperazine rings is 1. The van der Waals surface area contributed by atoms with Crippen molar-refractivity contribution in [2.45, 2.75) is 40.0 Å². The highest BCUT2D eigenvalue weighted by Gasteiger charge is 2.39. The Morgan fingerprint density at radius 3 is 2.11 bits per heavy atom. The predicted octanol–water partition coefficient (Wildman–Crippen LogP) is 1.87. The van der Waals surface area contributed by atoms with Crippen LogP contribution < -0.4 is 0 Å². The lowest BCUT2D eigenvalue weighted by Crippen LogP contribution is -2.52. The van der Waals surface area contributed by atoms with Crippen molar-refractivity contribution in [3.8, 4) is 6.07 Å². The second-order valence-electron chi connectivity index (χ2n) is 5.03. The van der Waals surface area contributed by atoms with Gasteiger partial charge < -0.3 is 4.90 Å². The monoisotopic (exact) mass is 251 g/mol.